The summed E-state index contributed by atoms with van der Waals surface area (Å²) >= 11 is 0. The highest BCUT2D eigenvalue weighted by atomic mass is 16.5. The minimum Gasteiger partial charge on any atom is -0.364 e. The van der Waals surface area contributed by atoms with Crippen molar-refractivity contribution in [1.82, 2.24) is 5.16 Å². The molecule has 1 aromatic rings. The van der Waals surface area contributed by atoms with E-state index in [0.29, 0.717) is 5.92 Å². The van der Waals surface area contributed by atoms with Crippen molar-refractivity contribution in [3.05, 3.63) is 17.5 Å². The lowest BCUT2D eigenvalue weighted by Crippen LogP contribution is -2.09. The zero-order valence-corrected chi connectivity index (χ0v) is 7.87. The van der Waals surface area contributed by atoms with Crippen molar-refractivity contribution in [3.8, 4) is 0 Å². The van der Waals surface area contributed by atoms with Crippen LogP contribution in [0.15, 0.2) is 10.8 Å². The molecule has 0 spiro atoms. The van der Waals surface area contributed by atoms with Gasteiger partial charge >= 0.3 is 0 Å². The van der Waals surface area contributed by atoms with Crippen molar-refractivity contribution in [3.63, 3.8) is 0 Å². The van der Waals surface area contributed by atoms with Gasteiger partial charge in [0.2, 0.25) is 0 Å². The number of hydrogen-bond donors (Lipinski definition) is 1. The van der Waals surface area contributed by atoms with Gasteiger partial charge in [-0.2, -0.15) is 0 Å². The van der Waals surface area contributed by atoms with Crippen molar-refractivity contribution in [2.75, 3.05) is 0 Å². The highest BCUT2D eigenvalue weighted by Crippen LogP contribution is 2.17. The normalized spacial score (nSPS) is 13.8. The highest BCUT2D eigenvalue weighted by Gasteiger charge is 2.12. The van der Waals surface area contributed by atoms with Crippen LogP contribution in [0.4, 0.5) is 0 Å². The van der Waals surface area contributed by atoms with Crippen molar-refractivity contribution < 1.29 is 4.52 Å². The molecule has 68 valence electrons. The van der Waals surface area contributed by atoms with E-state index in [1.165, 1.54) is 0 Å². The summed E-state index contributed by atoms with van der Waals surface area (Å²) in [6.45, 7) is 6.25. The fourth-order valence-electron chi connectivity index (χ4n) is 1.23. The fourth-order valence-corrected chi connectivity index (χ4v) is 1.23. The van der Waals surface area contributed by atoms with E-state index in [4.69, 9.17) is 10.3 Å². The molecular weight excluding hydrogens is 152 g/mol. The van der Waals surface area contributed by atoms with Crippen LogP contribution in [0.2, 0.25) is 0 Å². The molecule has 0 aliphatic rings. The maximum absolute atomic E-state index is 5.71. The van der Waals surface area contributed by atoms with E-state index in [0.717, 1.165) is 17.7 Å². The van der Waals surface area contributed by atoms with E-state index in [1.54, 1.807) is 6.26 Å². The Kier molecular flexibility index (Phi) is 2.87. The van der Waals surface area contributed by atoms with Gasteiger partial charge in [0.05, 0.1) is 0 Å². The Hall–Kier alpha value is -0.830. The van der Waals surface area contributed by atoms with Crippen LogP contribution in [0.25, 0.3) is 0 Å². The number of nitrogens with zero attached hydrogens (tertiary/aromatic N) is 1. The topological polar surface area (TPSA) is 52.0 Å². The molecule has 2 N–H and O–H groups in total. The molecule has 1 aromatic heterocycles. The highest BCUT2D eigenvalue weighted by molar-refractivity contribution is 5.17. The fraction of sp³-hybridized carbons (Fsp3) is 0.667. The average Bonchev–Trinajstić information content (AvgIpc) is 2.33. The van der Waals surface area contributed by atoms with E-state index in [2.05, 4.69) is 19.0 Å². The molecular formula is C9H16N2O. The van der Waals surface area contributed by atoms with Gasteiger partial charge in [0.1, 0.15) is 12.0 Å². The third kappa shape index (κ3) is 2.08. The molecule has 0 radical (unpaired) electrons. The van der Waals surface area contributed by atoms with Crippen LogP contribution in [0.3, 0.4) is 0 Å². The van der Waals surface area contributed by atoms with Crippen molar-refractivity contribution >= 4 is 0 Å². The first-order chi connectivity index (χ1) is 5.61. The summed E-state index contributed by atoms with van der Waals surface area (Å²) in [5, 5.41) is 3.87. The predicted molar refractivity (Wildman–Crippen MR) is 47.6 cm³/mol. The second-order valence-electron chi connectivity index (χ2n) is 3.61. The molecule has 1 unspecified atom stereocenters. The van der Waals surface area contributed by atoms with Crippen molar-refractivity contribution in [2.45, 2.75) is 33.2 Å². The van der Waals surface area contributed by atoms with E-state index < -0.39 is 0 Å². The Morgan fingerprint density at radius 2 is 2.17 bits per heavy atom. The largest absolute Gasteiger partial charge is 0.364 e. The number of hydrogen-bond acceptors (Lipinski definition) is 3. The third-order valence-electron chi connectivity index (χ3n) is 1.73. The average molecular weight is 168 g/mol. The zero-order valence-electron chi connectivity index (χ0n) is 7.87. The Balaban J connectivity index is 2.77. The summed E-state index contributed by atoms with van der Waals surface area (Å²) in [6, 6.07) is -0.0301. The van der Waals surface area contributed by atoms with Gasteiger partial charge in [-0.1, -0.05) is 19.0 Å². The van der Waals surface area contributed by atoms with Gasteiger partial charge in [-0.15, -0.1) is 0 Å². The molecule has 3 heteroatoms. The predicted octanol–water partition coefficient (Wildman–Crippen LogP) is 1.89. The molecule has 0 aliphatic carbocycles. The zero-order chi connectivity index (χ0) is 9.14. The van der Waals surface area contributed by atoms with Crippen LogP contribution in [0.1, 0.15) is 38.1 Å². The van der Waals surface area contributed by atoms with Crippen LogP contribution in [-0.2, 0) is 6.42 Å². The van der Waals surface area contributed by atoms with Crippen LogP contribution in [0, 0.1) is 5.92 Å². The Bertz CT molecular complexity index is 240. The van der Waals surface area contributed by atoms with Crippen molar-refractivity contribution in [1.29, 1.82) is 0 Å². The number of rotatable bonds is 3. The van der Waals surface area contributed by atoms with Gasteiger partial charge in [-0.25, -0.2) is 0 Å². The smallest absolute Gasteiger partial charge is 0.127 e. The SMILES string of the molecule is CC(C)Cc1conc1C(C)N. The van der Waals surface area contributed by atoms with Gasteiger partial charge < -0.3 is 10.3 Å². The molecule has 12 heavy (non-hydrogen) atoms. The van der Waals surface area contributed by atoms with Gasteiger partial charge in [0.25, 0.3) is 0 Å². The van der Waals surface area contributed by atoms with Crippen LogP contribution in [-0.4, -0.2) is 5.16 Å². The molecule has 1 rings (SSSR count). The van der Waals surface area contributed by atoms with Gasteiger partial charge in [0.15, 0.2) is 0 Å². The minimum atomic E-state index is -0.0301. The second-order valence-corrected chi connectivity index (χ2v) is 3.61. The molecule has 0 saturated heterocycles. The van der Waals surface area contributed by atoms with Crippen LogP contribution >= 0.6 is 0 Å². The van der Waals surface area contributed by atoms with E-state index in [-0.39, 0.29) is 6.04 Å². The monoisotopic (exact) mass is 168 g/mol. The van der Waals surface area contributed by atoms with E-state index >= 15 is 0 Å². The van der Waals surface area contributed by atoms with E-state index in [1.807, 2.05) is 6.92 Å². The summed E-state index contributed by atoms with van der Waals surface area (Å²) < 4.78 is 4.88. The molecule has 0 bridgehead atoms. The molecule has 0 amide bonds. The quantitative estimate of drug-likeness (QED) is 0.749. The summed E-state index contributed by atoms with van der Waals surface area (Å²) in [7, 11) is 0. The van der Waals surface area contributed by atoms with Gasteiger partial charge in [-0.05, 0) is 19.3 Å². The standard InChI is InChI=1S/C9H16N2O/c1-6(2)4-8-5-12-11-9(8)7(3)10/h5-7H,4,10H2,1-3H3. The minimum absolute atomic E-state index is 0.0301. The van der Waals surface area contributed by atoms with E-state index in [9.17, 15) is 0 Å². The van der Waals surface area contributed by atoms with Gasteiger partial charge in [0, 0.05) is 11.6 Å². The summed E-state index contributed by atoms with van der Waals surface area (Å²) in [5.41, 5.74) is 7.74. The lowest BCUT2D eigenvalue weighted by molar-refractivity contribution is 0.407. The molecule has 0 saturated carbocycles. The molecule has 0 aromatic carbocycles. The van der Waals surface area contributed by atoms with Crippen molar-refractivity contribution in [2.24, 2.45) is 11.7 Å². The first-order valence-corrected chi connectivity index (χ1v) is 4.30. The second kappa shape index (κ2) is 3.72. The van der Waals surface area contributed by atoms with Crippen LogP contribution in [0.5, 0.6) is 0 Å². The Morgan fingerprint density at radius 3 is 2.67 bits per heavy atom. The summed E-state index contributed by atoms with van der Waals surface area (Å²) in [5.74, 6) is 0.613. The number of nitrogens with two attached hydrogens (primary N) is 1. The lowest BCUT2D eigenvalue weighted by atomic mass is 10.0. The third-order valence-corrected chi connectivity index (χ3v) is 1.73. The Morgan fingerprint density at radius 1 is 1.50 bits per heavy atom. The first kappa shape index (κ1) is 9.26. The molecule has 1 heterocycles. The van der Waals surface area contributed by atoms with Crippen LogP contribution < -0.4 is 5.73 Å². The number of aromatic nitrogens is 1. The molecule has 0 aliphatic heterocycles. The Labute approximate surface area is 72.9 Å². The molecule has 0 fully saturated rings. The lowest BCUT2D eigenvalue weighted by Gasteiger charge is -2.05. The summed E-state index contributed by atoms with van der Waals surface area (Å²) in [4.78, 5) is 0. The van der Waals surface area contributed by atoms with Gasteiger partial charge in [-0.3, -0.25) is 0 Å². The first-order valence-electron chi connectivity index (χ1n) is 4.30. The maximum atomic E-state index is 5.71. The summed E-state index contributed by atoms with van der Waals surface area (Å²) in [6.07, 6.45) is 2.68. The molecule has 3 nitrogen and oxygen atoms in total. The maximum Gasteiger partial charge on any atom is 0.127 e. The molecule has 1 atom stereocenters.